The van der Waals surface area contributed by atoms with Crippen LogP contribution < -0.4 is 0 Å². The van der Waals surface area contributed by atoms with Crippen molar-refractivity contribution in [1.29, 1.82) is 0 Å². The molecular formula is C7H16S2. The highest BCUT2D eigenvalue weighted by Gasteiger charge is 2.21. The second-order valence-corrected chi connectivity index (χ2v) is 7.53. The predicted octanol–water partition coefficient (Wildman–Crippen LogP) is 3.18. The molecule has 0 saturated heterocycles. The van der Waals surface area contributed by atoms with Crippen LogP contribution >= 0.6 is 24.4 Å². The van der Waals surface area contributed by atoms with E-state index in [9.17, 15) is 0 Å². The van der Waals surface area contributed by atoms with Gasteiger partial charge in [0.1, 0.15) is 0 Å². The molecule has 0 aromatic rings. The van der Waals surface area contributed by atoms with Gasteiger partial charge in [-0.25, -0.2) is 0 Å². The molecule has 0 radical (unpaired) electrons. The molecule has 0 spiro atoms. The van der Waals surface area contributed by atoms with Crippen molar-refractivity contribution in [1.82, 2.24) is 0 Å². The maximum atomic E-state index is 4.41. The van der Waals surface area contributed by atoms with E-state index in [-0.39, 0.29) is 4.08 Å². The van der Waals surface area contributed by atoms with E-state index in [1.165, 1.54) is 0 Å². The van der Waals surface area contributed by atoms with Crippen molar-refractivity contribution in [3.05, 3.63) is 0 Å². The van der Waals surface area contributed by atoms with Crippen molar-refractivity contribution in [2.24, 2.45) is 0 Å². The second-order valence-electron chi connectivity index (χ2n) is 3.66. The van der Waals surface area contributed by atoms with Crippen LogP contribution in [-0.2, 0) is 0 Å². The van der Waals surface area contributed by atoms with Crippen molar-refractivity contribution < 1.29 is 0 Å². The van der Waals surface area contributed by atoms with Crippen molar-refractivity contribution in [2.75, 3.05) is 0 Å². The third-order valence-corrected chi connectivity index (χ3v) is 1.94. The Bertz CT molecular complexity index is 72.1. The monoisotopic (exact) mass is 164 g/mol. The maximum absolute atomic E-state index is 4.41. The lowest BCUT2D eigenvalue weighted by atomic mass is 10.3. The van der Waals surface area contributed by atoms with E-state index in [1.807, 2.05) is 11.8 Å². The molecule has 0 N–H and O–H groups in total. The molecule has 0 aliphatic carbocycles. The molecule has 2 heteroatoms. The van der Waals surface area contributed by atoms with Gasteiger partial charge < -0.3 is 0 Å². The molecular weight excluding hydrogens is 148 g/mol. The highest BCUT2D eigenvalue weighted by molar-refractivity contribution is 8.12. The molecule has 56 valence electrons. The van der Waals surface area contributed by atoms with E-state index in [0.717, 1.165) is 0 Å². The minimum absolute atomic E-state index is 0.0955. The topological polar surface area (TPSA) is 0 Å². The summed E-state index contributed by atoms with van der Waals surface area (Å²) in [7, 11) is 0. The van der Waals surface area contributed by atoms with Crippen molar-refractivity contribution >= 4 is 24.4 Å². The van der Waals surface area contributed by atoms with Gasteiger partial charge in [-0.2, -0.15) is 12.6 Å². The van der Waals surface area contributed by atoms with Gasteiger partial charge in [-0.1, -0.05) is 20.8 Å². The Labute approximate surface area is 68.2 Å². The Hall–Kier alpha value is 0.700. The first-order valence-corrected chi connectivity index (χ1v) is 4.40. The Balaban J connectivity index is 3.75. The Kier molecular flexibility index (Phi) is 2.96. The normalized spacial score (nSPS) is 14.0. The van der Waals surface area contributed by atoms with Crippen LogP contribution in [0.1, 0.15) is 34.6 Å². The zero-order chi connectivity index (χ0) is 7.71. The molecule has 0 amide bonds. The van der Waals surface area contributed by atoms with Gasteiger partial charge >= 0.3 is 0 Å². The molecule has 0 atom stereocenters. The average molecular weight is 164 g/mol. The minimum Gasteiger partial charge on any atom is -0.162 e. The lowest BCUT2D eigenvalue weighted by molar-refractivity contribution is 0.790. The van der Waals surface area contributed by atoms with Crippen LogP contribution in [0.4, 0.5) is 0 Å². The minimum atomic E-state index is 0.0955. The van der Waals surface area contributed by atoms with E-state index in [2.05, 4.69) is 47.2 Å². The van der Waals surface area contributed by atoms with Gasteiger partial charge in [-0.15, -0.1) is 11.8 Å². The highest BCUT2D eigenvalue weighted by atomic mass is 32.2. The standard InChI is InChI=1S/C7H16S2/c1-6(2,3)9-7(4,5)8/h8H,1-5H3. The smallest absolute Gasteiger partial charge is 0.0530 e. The Morgan fingerprint density at radius 3 is 1.33 bits per heavy atom. The molecule has 0 aromatic carbocycles. The molecule has 0 unspecified atom stereocenters. The van der Waals surface area contributed by atoms with Crippen LogP contribution in [0.25, 0.3) is 0 Å². The number of thioether (sulfide) groups is 1. The SMILES string of the molecule is CC(C)(C)SC(C)(C)S. The highest BCUT2D eigenvalue weighted by Crippen LogP contribution is 2.38. The Morgan fingerprint density at radius 2 is 1.33 bits per heavy atom. The first-order valence-electron chi connectivity index (χ1n) is 3.13. The summed E-state index contributed by atoms with van der Waals surface area (Å²) < 4.78 is 0.420. The number of thiol groups is 1. The van der Waals surface area contributed by atoms with Crippen LogP contribution in [0.5, 0.6) is 0 Å². The summed E-state index contributed by atoms with van der Waals surface area (Å²) in [5.41, 5.74) is 0. The van der Waals surface area contributed by atoms with Crippen LogP contribution in [-0.4, -0.2) is 8.83 Å². The number of hydrogen-bond donors (Lipinski definition) is 1. The van der Waals surface area contributed by atoms with Gasteiger partial charge in [0.05, 0.1) is 4.08 Å². The van der Waals surface area contributed by atoms with Crippen LogP contribution in [0.3, 0.4) is 0 Å². The molecule has 0 aliphatic heterocycles. The van der Waals surface area contributed by atoms with Gasteiger partial charge in [0.15, 0.2) is 0 Å². The quantitative estimate of drug-likeness (QED) is 0.459. The zero-order valence-corrected chi connectivity index (χ0v) is 8.57. The molecule has 0 fully saturated rings. The molecule has 9 heavy (non-hydrogen) atoms. The molecule has 0 aliphatic rings. The van der Waals surface area contributed by atoms with Gasteiger partial charge in [0.25, 0.3) is 0 Å². The fraction of sp³-hybridized carbons (Fsp3) is 1.00. The van der Waals surface area contributed by atoms with E-state index < -0.39 is 0 Å². The van der Waals surface area contributed by atoms with Crippen LogP contribution in [0.2, 0.25) is 0 Å². The summed E-state index contributed by atoms with van der Waals surface area (Å²) in [6.07, 6.45) is 0. The third kappa shape index (κ3) is 8.70. The van der Waals surface area contributed by atoms with Crippen LogP contribution in [0.15, 0.2) is 0 Å². The summed E-state index contributed by atoms with van der Waals surface area (Å²) in [6, 6.07) is 0. The van der Waals surface area contributed by atoms with E-state index in [1.54, 1.807) is 0 Å². The van der Waals surface area contributed by atoms with Crippen LogP contribution in [0, 0.1) is 0 Å². The largest absolute Gasteiger partial charge is 0.162 e. The molecule has 0 aromatic heterocycles. The summed E-state index contributed by atoms with van der Waals surface area (Å²) in [5.74, 6) is 0. The Morgan fingerprint density at radius 1 is 1.00 bits per heavy atom. The molecule has 0 saturated carbocycles. The molecule has 0 bridgehead atoms. The average Bonchev–Trinajstić information content (AvgIpc) is 1.14. The fourth-order valence-electron chi connectivity index (χ4n) is 0.749. The number of hydrogen-bond acceptors (Lipinski definition) is 2. The summed E-state index contributed by atoms with van der Waals surface area (Å²) in [4.78, 5) is 0. The van der Waals surface area contributed by atoms with Gasteiger partial charge in [-0.3, -0.25) is 0 Å². The van der Waals surface area contributed by atoms with Gasteiger partial charge in [0, 0.05) is 4.75 Å². The summed E-state index contributed by atoms with van der Waals surface area (Å²) >= 11 is 6.29. The van der Waals surface area contributed by atoms with E-state index >= 15 is 0 Å². The lowest BCUT2D eigenvalue weighted by Crippen LogP contribution is -2.17. The second kappa shape index (κ2) is 2.75. The van der Waals surface area contributed by atoms with Gasteiger partial charge in [-0.05, 0) is 13.8 Å². The maximum Gasteiger partial charge on any atom is 0.0530 e. The lowest BCUT2D eigenvalue weighted by Gasteiger charge is -2.27. The molecule has 0 rings (SSSR count). The molecule has 0 nitrogen and oxygen atoms in total. The van der Waals surface area contributed by atoms with Crippen molar-refractivity contribution in [2.45, 2.75) is 43.4 Å². The zero-order valence-electron chi connectivity index (χ0n) is 6.86. The van der Waals surface area contributed by atoms with Gasteiger partial charge in [0.2, 0.25) is 0 Å². The van der Waals surface area contributed by atoms with E-state index in [4.69, 9.17) is 0 Å². The van der Waals surface area contributed by atoms with E-state index in [0.29, 0.717) is 4.75 Å². The number of rotatable bonds is 1. The first kappa shape index (κ1) is 9.70. The van der Waals surface area contributed by atoms with Crippen molar-refractivity contribution in [3.63, 3.8) is 0 Å². The van der Waals surface area contributed by atoms with Crippen molar-refractivity contribution in [3.8, 4) is 0 Å². The fourth-order valence-corrected chi connectivity index (χ4v) is 3.07. The summed E-state index contributed by atoms with van der Waals surface area (Å²) in [5, 5.41) is 0. The summed E-state index contributed by atoms with van der Waals surface area (Å²) in [6.45, 7) is 10.8. The third-order valence-electron chi connectivity index (χ3n) is 0.556. The first-order chi connectivity index (χ1) is 3.71. The molecule has 0 heterocycles. The predicted molar refractivity (Wildman–Crippen MR) is 50.4 cm³/mol.